The summed E-state index contributed by atoms with van der Waals surface area (Å²) in [6.45, 7) is 0.642. The van der Waals surface area contributed by atoms with Crippen molar-refractivity contribution in [2.45, 2.75) is 19.4 Å². The van der Waals surface area contributed by atoms with Crippen LogP contribution in [0.4, 0.5) is 0 Å². The molecule has 118 valence electrons. The quantitative estimate of drug-likeness (QED) is 0.688. The van der Waals surface area contributed by atoms with Crippen LogP contribution >= 0.6 is 11.3 Å². The van der Waals surface area contributed by atoms with Gasteiger partial charge in [0, 0.05) is 32.0 Å². The molecule has 3 aromatic rings. The number of oxazole rings is 1. The zero-order valence-electron chi connectivity index (χ0n) is 12.9. The Bertz CT molecular complexity index is 750. The summed E-state index contributed by atoms with van der Waals surface area (Å²) in [5.74, 6) is 1.43. The minimum atomic E-state index is 0.0932. The lowest BCUT2D eigenvalue weighted by atomic mass is 10.2. The van der Waals surface area contributed by atoms with E-state index in [4.69, 9.17) is 4.42 Å². The molecule has 0 aliphatic heterocycles. The Balaban J connectivity index is 1.54. The van der Waals surface area contributed by atoms with E-state index in [9.17, 15) is 4.79 Å². The largest absolute Gasteiger partial charge is 0.441 e. The van der Waals surface area contributed by atoms with Gasteiger partial charge in [0.25, 0.3) is 0 Å². The predicted octanol–water partition coefficient (Wildman–Crippen LogP) is 3.99. The van der Waals surface area contributed by atoms with Gasteiger partial charge in [0.2, 0.25) is 5.91 Å². The Morgan fingerprint density at radius 1 is 1.26 bits per heavy atom. The predicted molar refractivity (Wildman–Crippen MR) is 91.1 cm³/mol. The monoisotopic (exact) mass is 326 g/mol. The molecule has 0 aliphatic carbocycles. The molecule has 5 heteroatoms. The van der Waals surface area contributed by atoms with E-state index in [0.29, 0.717) is 25.3 Å². The lowest BCUT2D eigenvalue weighted by molar-refractivity contribution is -0.130. The van der Waals surface area contributed by atoms with Crippen LogP contribution in [0.5, 0.6) is 0 Å². The fourth-order valence-corrected chi connectivity index (χ4v) is 2.97. The van der Waals surface area contributed by atoms with Gasteiger partial charge in [-0.25, -0.2) is 4.98 Å². The molecule has 0 saturated heterocycles. The molecular weight excluding hydrogens is 308 g/mol. The molecular formula is C18H18N2O2S. The highest BCUT2D eigenvalue weighted by molar-refractivity contribution is 7.07. The van der Waals surface area contributed by atoms with Crippen molar-refractivity contribution in [3.8, 4) is 11.3 Å². The molecule has 0 saturated carbocycles. The maximum atomic E-state index is 12.2. The molecule has 0 unspecified atom stereocenters. The van der Waals surface area contributed by atoms with Crippen LogP contribution in [0.25, 0.3) is 11.3 Å². The molecule has 23 heavy (non-hydrogen) atoms. The maximum Gasteiger partial charge on any atom is 0.223 e. The van der Waals surface area contributed by atoms with Gasteiger partial charge in [-0.3, -0.25) is 4.79 Å². The fraction of sp³-hybridized carbons (Fsp3) is 0.222. The SMILES string of the molecule is CN(Cc1ccsc1)C(=O)CCc1ncc(-c2ccccc2)o1. The number of benzene rings is 1. The van der Waals surface area contributed by atoms with Crippen molar-refractivity contribution in [3.63, 3.8) is 0 Å². The van der Waals surface area contributed by atoms with Gasteiger partial charge in [-0.2, -0.15) is 11.3 Å². The van der Waals surface area contributed by atoms with Crippen LogP contribution in [-0.2, 0) is 17.8 Å². The third kappa shape index (κ3) is 4.07. The van der Waals surface area contributed by atoms with E-state index < -0.39 is 0 Å². The number of carbonyl (C=O) groups excluding carboxylic acids is 1. The molecule has 0 bridgehead atoms. The van der Waals surface area contributed by atoms with Gasteiger partial charge in [-0.05, 0) is 22.4 Å². The lowest BCUT2D eigenvalue weighted by Gasteiger charge is -2.15. The normalized spacial score (nSPS) is 10.7. The molecule has 3 rings (SSSR count). The van der Waals surface area contributed by atoms with Gasteiger partial charge in [-0.15, -0.1) is 0 Å². The first-order valence-electron chi connectivity index (χ1n) is 7.47. The standard InChI is InChI=1S/C18H18N2O2S/c1-20(12-14-9-10-23-13-14)18(21)8-7-17-19-11-16(22-17)15-5-3-2-4-6-15/h2-6,9-11,13H,7-8,12H2,1H3. The Kier molecular flexibility index (Phi) is 4.88. The van der Waals surface area contributed by atoms with Crippen LogP contribution in [0.2, 0.25) is 0 Å². The van der Waals surface area contributed by atoms with Crippen molar-refractivity contribution >= 4 is 17.2 Å². The molecule has 0 fully saturated rings. The van der Waals surface area contributed by atoms with E-state index >= 15 is 0 Å². The molecule has 2 aromatic heterocycles. The van der Waals surface area contributed by atoms with E-state index in [1.54, 1.807) is 22.4 Å². The number of hydrogen-bond donors (Lipinski definition) is 0. The molecule has 0 atom stereocenters. The van der Waals surface area contributed by atoms with Crippen molar-refractivity contribution in [3.05, 3.63) is 64.8 Å². The van der Waals surface area contributed by atoms with E-state index in [1.165, 1.54) is 0 Å². The molecule has 0 aliphatic rings. The third-order valence-electron chi connectivity index (χ3n) is 3.59. The number of carbonyl (C=O) groups is 1. The average molecular weight is 326 g/mol. The number of amides is 1. The zero-order valence-corrected chi connectivity index (χ0v) is 13.8. The highest BCUT2D eigenvalue weighted by Crippen LogP contribution is 2.20. The molecule has 0 radical (unpaired) electrons. The number of nitrogens with zero attached hydrogens (tertiary/aromatic N) is 2. The van der Waals surface area contributed by atoms with Crippen molar-refractivity contribution in [2.75, 3.05) is 7.05 Å². The van der Waals surface area contributed by atoms with Crippen LogP contribution in [0.3, 0.4) is 0 Å². The first-order chi connectivity index (χ1) is 11.2. The smallest absolute Gasteiger partial charge is 0.223 e. The topological polar surface area (TPSA) is 46.3 Å². The summed E-state index contributed by atoms with van der Waals surface area (Å²) in [7, 11) is 1.82. The third-order valence-corrected chi connectivity index (χ3v) is 4.32. The van der Waals surface area contributed by atoms with Crippen LogP contribution < -0.4 is 0 Å². The van der Waals surface area contributed by atoms with E-state index in [-0.39, 0.29) is 5.91 Å². The lowest BCUT2D eigenvalue weighted by Crippen LogP contribution is -2.26. The summed E-state index contributed by atoms with van der Waals surface area (Å²) in [5.41, 5.74) is 2.15. The highest BCUT2D eigenvalue weighted by Gasteiger charge is 2.12. The Morgan fingerprint density at radius 3 is 2.83 bits per heavy atom. The van der Waals surface area contributed by atoms with Crippen molar-refractivity contribution in [2.24, 2.45) is 0 Å². The minimum absolute atomic E-state index is 0.0932. The number of rotatable bonds is 6. The van der Waals surface area contributed by atoms with Crippen LogP contribution in [0.15, 0.2) is 57.8 Å². The van der Waals surface area contributed by atoms with Crippen LogP contribution in [0, 0.1) is 0 Å². The van der Waals surface area contributed by atoms with E-state index in [2.05, 4.69) is 10.4 Å². The first-order valence-corrected chi connectivity index (χ1v) is 8.42. The average Bonchev–Trinajstić information content (AvgIpc) is 3.25. The molecule has 1 amide bonds. The van der Waals surface area contributed by atoms with Gasteiger partial charge in [0.05, 0.1) is 6.20 Å². The Labute approximate surface area is 139 Å². The van der Waals surface area contributed by atoms with Gasteiger partial charge in [0.1, 0.15) is 0 Å². The summed E-state index contributed by atoms with van der Waals surface area (Å²) in [4.78, 5) is 18.2. The highest BCUT2D eigenvalue weighted by atomic mass is 32.1. The van der Waals surface area contributed by atoms with Crippen molar-refractivity contribution in [1.29, 1.82) is 0 Å². The van der Waals surface area contributed by atoms with E-state index in [1.807, 2.05) is 48.8 Å². The molecule has 0 spiro atoms. The molecule has 4 nitrogen and oxygen atoms in total. The van der Waals surface area contributed by atoms with Crippen LogP contribution in [0.1, 0.15) is 17.9 Å². The molecule has 0 N–H and O–H groups in total. The first kappa shape index (κ1) is 15.5. The minimum Gasteiger partial charge on any atom is -0.441 e. The molecule has 2 heterocycles. The summed E-state index contributed by atoms with van der Waals surface area (Å²) >= 11 is 1.64. The van der Waals surface area contributed by atoms with Gasteiger partial charge in [0.15, 0.2) is 11.7 Å². The zero-order chi connectivity index (χ0) is 16.1. The van der Waals surface area contributed by atoms with Gasteiger partial charge in [-0.1, -0.05) is 30.3 Å². The second kappa shape index (κ2) is 7.24. The molecule has 1 aromatic carbocycles. The van der Waals surface area contributed by atoms with Crippen molar-refractivity contribution in [1.82, 2.24) is 9.88 Å². The fourth-order valence-electron chi connectivity index (χ4n) is 2.31. The summed E-state index contributed by atoms with van der Waals surface area (Å²) in [6.07, 6.45) is 2.62. The van der Waals surface area contributed by atoms with Gasteiger partial charge >= 0.3 is 0 Å². The summed E-state index contributed by atoms with van der Waals surface area (Å²) in [5, 5.41) is 4.08. The summed E-state index contributed by atoms with van der Waals surface area (Å²) < 4.78 is 5.73. The number of aryl methyl sites for hydroxylation is 1. The second-order valence-corrected chi connectivity index (χ2v) is 6.15. The number of aromatic nitrogens is 1. The van der Waals surface area contributed by atoms with Gasteiger partial charge < -0.3 is 9.32 Å². The number of hydrogen-bond acceptors (Lipinski definition) is 4. The second-order valence-electron chi connectivity index (χ2n) is 5.37. The van der Waals surface area contributed by atoms with Crippen LogP contribution in [-0.4, -0.2) is 22.8 Å². The number of thiophene rings is 1. The summed E-state index contributed by atoms with van der Waals surface area (Å²) in [6, 6.07) is 11.9. The van der Waals surface area contributed by atoms with E-state index in [0.717, 1.165) is 16.9 Å². The maximum absolute atomic E-state index is 12.2. The Morgan fingerprint density at radius 2 is 2.09 bits per heavy atom. The van der Waals surface area contributed by atoms with Crippen molar-refractivity contribution < 1.29 is 9.21 Å². The Hall–Kier alpha value is -2.40.